The van der Waals surface area contributed by atoms with Crippen LogP contribution in [0.25, 0.3) is 0 Å². The smallest absolute Gasteiger partial charge is 0.193 e. The molecule has 0 spiro atoms. The molecule has 1 unspecified atom stereocenters. The first-order valence-corrected chi connectivity index (χ1v) is 8.36. The van der Waals surface area contributed by atoms with Crippen LogP contribution >= 0.6 is 0 Å². The Morgan fingerprint density at radius 1 is 1.43 bits per heavy atom. The van der Waals surface area contributed by atoms with Gasteiger partial charge in [0.25, 0.3) is 0 Å². The van der Waals surface area contributed by atoms with E-state index in [1.165, 1.54) is 11.1 Å². The van der Waals surface area contributed by atoms with E-state index in [1.807, 2.05) is 7.05 Å². The zero-order chi connectivity index (χ0) is 16.5. The van der Waals surface area contributed by atoms with Crippen LogP contribution in [0.15, 0.2) is 29.3 Å². The predicted molar refractivity (Wildman–Crippen MR) is 93.8 cm³/mol. The molecule has 1 aromatic carbocycles. The van der Waals surface area contributed by atoms with E-state index in [1.54, 1.807) is 0 Å². The summed E-state index contributed by atoms with van der Waals surface area (Å²) in [6.45, 7) is 5.96. The highest BCUT2D eigenvalue weighted by Gasteiger charge is 2.15. The monoisotopic (exact) mass is 319 g/mol. The van der Waals surface area contributed by atoms with Crippen LogP contribution in [-0.2, 0) is 16.0 Å². The van der Waals surface area contributed by atoms with Gasteiger partial charge in [0.1, 0.15) is 0 Å². The number of nitrogens with one attached hydrogen (secondary N) is 1. The predicted octanol–water partition coefficient (Wildman–Crippen LogP) is 2.20. The van der Waals surface area contributed by atoms with E-state index in [-0.39, 0.29) is 6.10 Å². The first-order valence-electron chi connectivity index (χ1n) is 8.36. The summed E-state index contributed by atoms with van der Waals surface area (Å²) in [5.74, 6) is 0.883. The average Bonchev–Trinajstić information content (AvgIpc) is 3.06. The maximum absolute atomic E-state index is 5.67. The second kappa shape index (κ2) is 9.53. The Morgan fingerprint density at radius 2 is 2.26 bits per heavy atom. The molecule has 1 saturated heterocycles. The molecule has 0 radical (unpaired) electrons. The van der Waals surface area contributed by atoms with E-state index in [4.69, 9.17) is 9.47 Å². The fourth-order valence-corrected chi connectivity index (χ4v) is 2.73. The Hall–Kier alpha value is -1.59. The van der Waals surface area contributed by atoms with Gasteiger partial charge in [-0.1, -0.05) is 24.3 Å². The molecular weight excluding hydrogens is 290 g/mol. The van der Waals surface area contributed by atoms with E-state index in [0.717, 1.165) is 38.5 Å². The zero-order valence-electron chi connectivity index (χ0n) is 14.5. The fraction of sp³-hybridized carbons (Fsp3) is 0.611. The molecule has 1 aliphatic heterocycles. The summed E-state index contributed by atoms with van der Waals surface area (Å²) in [6, 6.07) is 8.44. The van der Waals surface area contributed by atoms with Crippen molar-refractivity contribution in [2.75, 3.05) is 40.5 Å². The molecule has 128 valence electrons. The van der Waals surface area contributed by atoms with Gasteiger partial charge in [-0.25, -0.2) is 0 Å². The van der Waals surface area contributed by atoms with Crippen molar-refractivity contribution in [2.45, 2.75) is 32.4 Å². The molecule has 1 fully saturated rings. The van der Waals surface area contributed by atoms with Crippen molar-refractivity contribution in [3.05, 3.63) is 35.4 Å². The number of hydrogen-bond donors (Lipinski definition) is 1. The first kappa shape index (κ1) is 17.8. The van der Waals surface area contributed by atoms with Crippen molar-refractivity contribution in [2.24, 2.45) is 4.99 Å². The summed E-state index contributed by atoms with van der Waals surface area (Å²) in [6.07, 6.45) is 2.56. The van der Waals surface area contributed by atoms with Crippen LogP contribution in [0.1, 0.15) is 24.0 Å². The third-order valence-electron chi connectivity index (χ3n) is 4.10. The van der Waals surface area contributed by atoms with E-state index in [9.17, 15) is 0 Å². The average molecular weight is 319 g/mol. The van der Waals surface area contributed by atoms with Crippen LogP contribution in [0.5, 0.6) is 0 Å². The molecule has 0 saturated carbocycles. The SMILES string of the molecule is CN=C(NCCOCC1CCCO1)N(C)Cc1ccccc1C. The molecule has 1 aromatic rings. The topological polar surface area (TPSA) is 46.1 Å². The summed E-state index contributed by atoms with van der Waals surface area (Å²) in [4.78, 5) is 6.47. The zero-order valence-corrected chi connectivity index (χ0v) is 14.5. The van der Waals surface area contributed by atoms with Crippen molar-refractivity contribution in [3.63, 3.8) is 0 Å². The molecule has 1 atom stereocenters. The van der Waals surface area contributed by atoms with Crippen molar-refractivity contribution >= 4 is 5.96 Å². The maximum Gasteiger partial charge on any atom is 0.193 e. The minimum absolute atomic E-state index is 0.290. The van der Waals surface area contributed by atoms with Crippen LogP contribution in [0.4, 0.5) is 0 Å². The molecule has 0 bridgehead atoms. The fourth-order valence-electron chi connectivity index (χ4n) is 2.73. The highest BCUT2D eigenvalue weighted by molar-refractivity contribution is 5.79. The third-order valence-corrected chi connectivity index (χ3v) is 4.10. The summed E-state index contributed by atoms with van der Waals surface area (Å²) in [5.41, 5.74) is 2.61. The lowest BCUT2D eigenvalue weighted by Gasteiger charge is -2.23. The molecule has 2 rings (SSSR count). The van der Waals surface area contributed by atoms with Crippen LogP contribution in [0, 0.1) is 6.92 Å². The Balaban J connectivity index is 1.68. The lowest BCUT2D eigenvalue weighted by Crippen LogP contribution is -2.40. The van der Waals surface area contributed by atoms with Gasteiger partial charge in [-0.2, -0.15) is 0 Å². The Morgan fingerprint density at radius 3 is 2.96 bits per heavy atom. The second-order valence-electron chi connectivity index (χ2n) is 5.97. The number of aryl methyl sites for hydroxylation is 1. The molecule has 0 aromatic heterocycles. The number of guanidine groups is 1. The molecule has 5 heteroatoms. The highest BCUT2D eigenvalue weighted by Crippen LogP contribution is 2.12. The van der Waals surface area contributed by atoms with Crippen LogP contribution in [0.2, 0.25) is 0 Å². The van der Waals surface area contributed by atoms with Crippen molar-refractivity contribution in [1.82, 2.24) is 10.2 Å². The van der Waals surface area contributed by atoms with Crippen LogP contribution in [0.3, 0.4) is 0 Å². The summed E-state index contributed by atoms with van der Waals surface area (Å²) in [7, 11) is 3.86. The number of ether oxygens (including phenoxy) is 2. The van der Waals surface area contributed by atoms with Crippen LogP contribution < -0.4 is 5.32 Å². The molecule has 0 aliphatic carbocycles. The van der Waals surface area contributed by atoms with E-state index in [2.05, 4.69) is 53.4 Å². The van der Waals surface area contributed by atoms with Gasteiger partial charge < -0.3 is 19.7 Å². The van der Waals surface area contributed by atoms with Gasteiger partial charge in [-0.3, -0.25) is 4.99 Å². The highest BCUT2D eigenvalue weighted by atomic mass is 16.5. The standard InChI is InChI=1S/C18H29N3O2/c1-15-7-4-5-8-16(15)13-21(3)18(19-2)20-10-12-22-14-17-9-6-11-23-17/h4-5,7-8,17H,6,9-14H2,1-3H3,(H,19,20). The quantitative estimate of drug-likeness (QED) is 0.475. The third kappa shape index (κ3) is 5.84. The van der Waals surface area contributed by atoms with Gasteiger partial charge >= 0.3 is 0 Å². The lowest BCUT2D eigenvalue weighted by molar-refractivity contribution is 0.0190. The van der Waals surface area contributed by atoms with Crippen molar-refractivity contribution < 1.29 is 9.47 Å². The van der Waals surface area contributed by atoms with E-state index >= 15 is 0 Å². The molecule has 1 N–H and O–H groups in total. The Bertz CT molecular complexity index is 499. The van der Waals surface area contributed by atoms with Gasteiger partial charge in [-0.15, -0.1) is 0 Å². The summed E-state index contributed by atoms with van der Waals surface area (Å²) < 4.78 is 11.2. The van der Waals surface area contributed by atoms with Gasteiger partial charge in [0.2, 0.25) is 0 Å². The molecule has 23 heavy (non-hydrogen) atoms. The first-order chi connectivity index (χ1) is 11.2. The van der Waals surface area contributed by atoms with E-state index < -0.39 is 0 Å². The number of aliphatic imine (C=N–C) groups is 1. The summed E-state index contributed by atoms with van der Waals surface area (Å²) >= 11 is 0. The minimum atomic E-state index is 0.290. The number of nitrogens with zero attached hydrogens (tertiary/aromatic N) is 2. The van der Waals surface area contributed by atoms with Gasteiger partial charge in [0, 0.05) is 33.8 Å². The minimum Gasteiger partial charge on any atom is -0.377 e. The van der Waals surface area contributed by atoms with Gasteiger partial charge in [0.15, 0.2) is 5.96 Å². The number of rotatable bonds is 7. The Kier molecular flexibility index (Phi) is 7.36. The van der Waals surface area contributed by atoms with Crippen molar-refractivity contribution in [3.8, 4) is 0 Å². The van der Waals surface area contributed by atoms with E-state index in [0.29, 0.717) is 13.2 Å². The lowest BCUT2D eigenvalue weighted by atomic mass is 10.1. The molecule has 1 heterocycles. The molecule has 1 aliphatic rings. The van der Waals surface area contributed by atoms with Crippen molar-refractivity contribution in [1.29, 1.82) is 0 Å². The van der Waals surface area contributed by atoms with Gasteiger partial charge in [0.05, 0.1) is 19.3 Å². The van der Waals surface area contributed by atoms with Crippen LogP contribution in [-0.4, -0.2) is 57.4 Å². The summed E-state index contributed by atoms with van der Waals surface area (Å²) in [5, 5.41) is 3.34. The molecule has 5 nitrogen and oxygen atoms in total. The number of hydrogen-bond acceptors (Lipinski definition) is 3. The van der Waals surface area contributed by atoms with Gasteiger partial charge in [-0.05, 0) is 30.9 Å². The number of benzene rings is 1. The molecular formula is C18H29N3O2. The Labute approximate surface area is 139 Å². The largest absolute Gasteiger partial charge is 0.377 e. The molecule has 0 amide bonds. The second-order valence-corrected chi connectivity index (χ2v) is 5.97. The maximum atomic E-state index is 5.67. The normalized spacial score (nSPS) is 18.2.